The molecule has 4 rings (SSSR count). The molecule has 2 N–H and O–H groups in total. The number of aryl methyl sites for hydroxylation is 1. The maximum absolute atomic E-state index is 12.6. The molecule has 0 bridgehead atoms. The zero-order valence-corrected chi connectivity index (χ0v) is 22.4. The number of fused-ring (bicyclic) bond motifs is 2. The van der Waals surface area contributed by atoms with Crippen molar-refractivity contribution in [1.82, 2.24) is 20.4 Å². The standard InChI is InChI=1S/C30H38N4O4/c1-21-12-13-25-26(18-21)30(38)34(29(25)37)20-22(2)19-32-15-8-4-3-7-14-31-16-9-17-33-27(35)23-10-5-6-11-24(23)28(33)36/h5-6,10-13,18,22,31-32H,3-4,7-9,14-17,19-20H2,1-2H3. The van der Waals surface area contributed by atoms with Crippen LogP contribution in [0.5, 0.6) is 0 Å². The third-order valence-electron chi connectivity index (χ3n) is 7.18. The van der Waals surface area contributed by atoms with Gasteiger partial charge in [-0.15, -0.1) is 0 Å². The van der Waals surface area contributed by atoms with Gasteiger partial charge in [0.1, 0.15) is 0 Å². The second-order valence-electron chi connectivity index (χ2n) is 10.4. The summed E-state index contributed by atoms with van der Waals surface area (Å²) in [5.41, 5.74) is 3.03. The van der Waals surface area contributed by atoms with Gasteiger partial charge < -0.3 is 10.6 Å². The highest BCUT2D eigenvalue weighted by molar-refractivity contribution is 6.22. The second-order valence-corrected chi connectivity index (χ2v) is 10.4. The van der Waals surface area contributed by atoms with Gasteiger partial charge in [-0.2, -0.15) is 0 Å². The van der Waals surface area contributed by atoms with Crippen molar-refractivity contribution < 1.29 is 19.2 Å². The lowest BCUT2D eigenvalue weighted by atomic mass is 10.1. The number of nitrogens with one attached hydrogen (secondary N) is 2. The van der Waals surface area contributed by atoms with Crippen molar-refractivity contribution in [3.8, 4) is 0 Å². The molecule has 1 atom stereocenters. The molecule has 2 aliphatic rings. The van der Waals surface area contributed by atoms with E-state index < -0.39 is 0 Å². The summed E-state index contributed by atoms with van der Waals surface area (Å²) < 4.78 is 0. The number of carbonyl (C=O) groups is 4. The molecule has 0 spiro atoms. The van der Waals surface area contributed by atoms with Crippen molar-refractivity contribution >= 4 is 23.6 Å². The van der Waals surface area contributed by atoms with Gasteiger partial charge in [-0.25, -0.2) is 0 Å². The second kappa shape index (κ2) is 12.9. The van der Waals surface area contributed by atoms with Crippen molar-refractivity contribution in [3.05, 3.63) is 70.3 Å². The van der Waals surface area contributed by atoms with Crippen LogP contribution in [0, 0.1) is 12.8 Å². The average molecular weight is 519 g/mol. The van der Waals surface area contributed by atoms with Crippen LogP contribution in [0.3, 0.4) is 0 Å². The number of hydrogen-bond acceptors (Lipinski definition) is 6. The molecule has 8 nitrogen and oxygen atoms in total. The van der Waals surface area contributed by atoms with Gasteiger partial charge in [0.25, 0.3) is 23.6 Å². The Kier molecular flexibility index (Phi) is 9.42. The Morgan fingerprint density at radius 2 is 1.21 bits per heavy atom. The molecule has 2 aliphatic heterocycles. The Morgan fingerprint density at radius 1 is 0.658 bits per heavy atom. The molecular formula is C30H38N4O4. The number of hydrogen-bond donors (Lipinski definition) is 2. The van der Waals surface area contributed by atoms with Gasteiger partial charge in [-0.3, -0.25) is 29.0 Å². The van der Waals surface area contributed by atoms with Crippen LogP contribution in [-0.4, -0.2) is 72.7 Å². The monoisotopic (exact) mass is 518 g/mol. The van der Waals surface area contributed by atoms with Gasteiger partial charge >= 0.3 is 0 Å². The molecule has 0 radical (unpaired) electrons. The summed E-state index contributed by atoms with van der Waals surface area (Å²) in [5, 5.41) is 6.86. The number of unbranched alkanes of at least 4 members (excludes halogenated alkanes) is 3. The lowest BCUT2D eigenvalue weighted by Gasteiger charge is -2.19. The third-order valence-corrected chi connectivity index (χ3v) is 7.18. The maximum atomic E-state index is 12.6. The first-order valence-electron chi connectivity index (χ1n) is 13.7. The predicted octanol–water partition coefficient (Wildman–Crippen LogP) is 3.65. The van der Waals surface area contributed by atoms with Gasteiger partial charge in [0.15, 0.2) is 0 Å². The zero-order chi connectivity index (χ0) is 27.1. The number of carbonyl (C=O) groups excluding carboxylic acids is 4. The summed E-state index contributed by atoms with van der Waals surface area (Å²) in [7, 11) is 0. The average Bonchev–Trinajstić information content (AvgIpc) is 3.29. The number of nitrogens with zero attached hydrogens (tertiary/aromatic N) is 2. The van der Waals surface area contributed by atoms with E-state index in [1.807, 2.05) is 13.0 Å². The lowest BCUT2D eigenvalue weighted by molar-refractivity contribution is 0.0624. The van der Waals surface area contributed by atoms with Crippen LogP contribution in [0.1, 0.15) is 86.0 Å². The molecule has 202 valence electrons. The summed E-state index contributed by atoms with van der Waals surface area (Å²) in [5.74, 6) is -0.561. The first-order valence-corrected chi connectivity index (χ1v) is 13.7. The molecule has 2 aromatic rings. The molecule has 0 saturated heterocycles. The normalized spacial score (nSPS) is 15.4. The van der Waals surface area contributed by atoms with Crippen molar-refractivity contribution in [3.63, 3.8) is 0 Å². The van der Waals surface area contributed by atoms with Gasteiger partial charge in [0, 0.05) is 13.1 Å². The molecule has 0 aliphatic carbocycles. The fourth-order valence-electron chi connectivity index (χ4n) is 5.08. The Morgan fingerprint density at radius 3 is 1.89 bits per heavy atom. The maximum Gasteiger partial charge on any atom is 0.261 e. The largest absolute Gasteiger partial charge is 0.317 e. The highest BCUT2D eigenvalue weighted by Gasteiger charge is 2.36. The van der Waals surface area contributed by atoms with Gasteiger partial charge in [-0.05, 0) is 82.5 Å². The zero-order valence-electron chi connectivity index (χ0n) is 22.4. The highest BCUT2D eigenvalue weighted by Crippen LogP contribution is 2.25. The molecule has 4 amide bonds. The van der Waals surface area contributed by atoms with Gasteiger partial charge in [0.05, 0.1) is 22.3 Å². The van der Waals surface area contributed by atoms with Crippen LogP contribution in [0.25, 0.3) is 0 Å². The van der Waals surface area contributed by atoms with E-state index >= 15 is 0 Å². The number of imide groups is 2. The Bertz CT molecular complexity index is 1160. The van der Waals surface area contributed by atoms with E-state index in [1.54, 1.807) is 36.4 Å². The van der Waals surface area contributed by atoms with Crippen LogP contribution in [0.2, 0.25) is 0 Å². The summed E-state index contributed by atoms with van der Waals surface area (Å²) in [4.78, 5) is 52.7. The number of rotatable bonds is 15. The molecular weight excluding hydrogens is 480 g/mol. The van der Waals surface area contributed by atoms with E-state index in [-0.39, 0.29) is 29.5 Å². The Hall–Kier alpha value is -3.36. The smallest absolute Gasteiger partial charge is 0.261 e. The van der Waals surface area contributed by atoms with Crippen LogP contribution >= 0.6 is 0 Å². The molecule has 0 fully saturated rings. The SMILES string of the molecule is Cc1ccc2c(c1)C(=O)N(CC(C)CNCCCCCCNCCCN1C(=O)c3ccccc3C1=O)C2=O. The van der Waals surface area contributed by atoms with Gasteiger partial charge in [-0.1, -0.05) is 43.5 Å². The minimum absolute atomic E-state index is 0.183. The van der Waals surface area contributed by atoms with Crippen LogP contribution < -0.4 is 10.6 Å². The topological polar surface area (TPSA) is 98.8 Å². The highest BCUT2D eigenvalue weighted by atomic mass is 16.2. The number of benzene rings is 2. The predicted molar refractivity (Wildman–Crippen MR) is 146 cm³/mol. The molecule has 8 heteroatoms. The van der Waals surface area contributed by atoms with E-state index in [4.69, 9.17) is 0 Å². The van der Waals surface area contributed by atoms with E-state index in [2.05, 4.69) is 17.6 Å². The molecule has 38 heavy (non-hydrogen) atoms. The fourth-order valence-corrected chi connectivity index (χ4v) is 5.08. The first-order chi connectivity index (χ1) is 18.4. The quantitative estimate of drug-likeness (QED) is 0.276. The van der Waals surface area contributed by atoms with Crippen molar-refractivity contribution in [2.24, 2.45) is 5.92 Å². The molecule has 0 aromatic heterocycles. The summed E-state index contributed by atoms with van der Waals surface area (Å²) >= 11 is 0. The minimum Gasteiger partial charge on any atom is -0.317 e. The first kappa shape index (κ1) is 27.7. The molecule has 1 unspecified atom stereocenters. The lowest BCUT2D eigenvalue weighted by Crippen LogP contribution is -2.37. The van der Waals surface area contributed by atoms with E-state index in [9.17, 15) is 19.2 Å². The van der Waals surface area contributed by atoms with Gasteiger partial charge in [0.2, 0.25) is 0 Å². The van der Waals surface area contributed by atoms with E-state index in [1.165, 1.54) is 9.80 Å². The van der Waals surface area contributed by atoms with Crippen LogP contribution in [0.15, 0.2) is 42.5 Å². The molecule has 2 heterocycles. The number of amides is 4. The van der Waals surface area contributed by atoms with E-state index in [0.29, 0.717) is 35.3 Å². The fraction of sp³-hybridized carbons (Fsp3) is 0.467. The molecule has 0 saturated carbocycles. The van der Waals surface area contributed by atoms with Crippen molar-refractivity contribution in [1.29, 1.82) is 0 Å². The van der Waals surface area contributed by atoms with E-state index in [0.717, 1.165) is 63.8 Å². The Balaban J connectivity index is 0.990. The minimum atomic E-state index is -0.188. The van der Waals surface area contributed by atoms with Crippen LogP contribution in [-0.2, 0) is 0 Å². The summed E-state index contributed by atoms with van der Waals surface area (Å²) in [6.45, 7) is 8.23. The van der Waals surface area contributed by atoms with Crippen molar-refractivity contribution in [2.75, 3.05) is 39.3 Å². The third kappa shape index (κ3) is 6.37. The molecule has 2 aromatic carbocycles. The summed E-state index contributed by atoms with van der Waals surface area (Å²) in [6.07, 6.45) is 5.18. The van der Waals surface area contributed by atoms with Crippen molar-refractivity contribution in [2.45, 2.75) is 46.0 Å². The van der Waals surface area contributed by atoms with Crippen LogP contribution in [0.4, 0.5) is 0 Å². The Labute approximate surface area is 224 Å². The summed E-state index contributed by atoms with van der Waals surface area (Å²) in [6, 6.07) is 12.4.